The minimum atomic E-state index is -0.355. The van der Waals surface area contributed by atoms with Gasteiger partial charge in [0, 0.05) is 27.6 Å². The average Bonchev–Trinajstić information content (AvgIpc) is 3.28. The number of fused-ring (bicyclic) bond motifs is 1. The topological polar surface area (TPSA) is 86.3 Å². The van der Waals surface area contributed by atoms with E-state index in [1.165, 1.54) is 0 Å². The van der Waals surface area contributed by atoms with Crippen molar-refractivity contribution in [2.75, 3.05) is 0 Å². The SMILES string of the molecule is N#Cc1ccc(Cl)c(-c2cccc3cc(C(=O)N[C@@H]4CC[C@H](O)C4)oc23)c1. The molecule has 1 aliphatic carbocycles. The van der Waals surface area contributed by atoms with Crippen molar-refractivity contribution in [1.82, 2.24) is 5.32 Å². The van der Waals surface area contributed by atoms with Gasteiger partial charge >= 0.3 is 0 Å². The maximum atomic E-state index is 12.5. The molecule has 1 aliphatic rings. The van der Waals surface area contributed by atoms with Gasteiger partial charge in [-0.25, -0.2) is 0 Å². The van der Waals surface area contributed by atoms with Gasteiger partial charge in [-0.05, 0) is 43.5 Å². The van der Waals surface area contributed by atoms with Gasteiger partial charge in [0.1, 0.15) is 5.58 Å². The highest BCUT2D eigenvalue weighted by Crippen LogP contribution is 2.35. The molecular weight excluding hydrogens is 364 g/mol. The number of nitriles is 1. The molecule has 2 atom stereocenters. The highest BCUT2D eigenvalue weighted by Gasteiger charge is 2.26. The zero-order valence-corrected chi connectivity index (χ0v) is 15.2. The van der Waals surface area contributed by atoms with Crippen LogP contribution in [0.1, 0.15) is 35.4 Å². The Morgan fingerprint density at radius 2 is 2.07 bits per heavy atom. The van der Waals surface area contributed by atoms with Crippen LogP contribution in [-0.4, -0.2) is 23.2 Å². The van der Waals surface area contributed by atoms with Crippen LogP contribution >= 0.6 is 11.6 Å². The second-order valence-corrected chi connectivity index (χ2v) is 7.19. The zero-order chi connectivity index (χ0) is 19.0. The third-order valence-electron chi connectivity index (χ3n) is 4.89. The van der Waals surface area contributed by atoms with Crippen molar-refractivity contribution in [3.05, 3.63) is 58.8 Å². The number of hydrogen-bond acceptors (Lipinski definition) is 4. The second-order valence-electron chi connectivity index (χ2n) is 6.78. The molecule has 1 amide bonds. The smallest absolute Gasteiger partial charge is 0.287 e. The number of furan rings is 1. The zero-order valence-electron chi connectivity index (χ0n) is 14.4. The summed E-state index contributed by atoms with van der Waals surface area (Å²) >= 11 is 6.33. The normalized spacial score (nSPS) is 19.1. The Bertz CT molecular complexity index is 1070. The number of rotatable bonds is 3. The molecule has 0 unspecified atom stereocenters. The van der Waals surface area contributed by atoms with Crippen molar-refractivity contribution in [3.8, 4) is 17.2 Å². The van der Waals surface area contributed by atoms with Gasteiger partial charge in [0.15, 0.2) is 5.76 Å². The highest BCUT2D eigenvalue weighted by atomic mass is 35.5. The quantitative estimate of drug-likeness (QED) is 0.710. The molecule has 27 heavy (non-hydrogen) atoms. The summed E-state index contributed by atoms with van der Waals surface area (Å²) in [6, 6.07) is 14.4. The Balaban J connectivity index is 1.71. The lowest BCUT2D eigenvalue weighted by Crippen LogP contribution is -2.32. The largest absolute Gasteiger partial charge is 0.450 e. The molecule has 6 heteroatoms. The van der Waals surface area contributed by atoms with Crippen LogP contribution in [0.2, 0.25) is 5.02 Å². The lowest BCUT2D eigenvalue weighted by atomic mass is 10.0. The maximum Gasteiger partial charge on any atom is 0.287 e. The van der Waals surface area contributed by atoms with Gasteiger partial charge in [-0.3, -0.25) is 4.79 Å². The van der Waals surface area contributed by atoms with Crippen LogP contribution in [-0.2, 0) is 0 Å². The van der Waals surface area contributed by atoms with Crippen molar-refractivity contribution >= 4 is 28.5 Å². The van der Waals surface area contributed by atoms with Crippen LogP contribution in [0.4, 0.5) is 0 Å². The van der Waals surface area contributed by atoms with E-state index in [4.69, 9.17) is 21.3 Å². The Morgan fingerprint density at radius 3 is 2.81 bits per heavy atom. The number of hydrogen-bond donors (Lipinski definition) is 2. The van der Waals surface area contributed by atoms with Crippen molar-refractivity contribution in [2.24, 2.45) is 0 Å². The lowest BCUT2D eigenvalue weighted by Gasteiger charge is -2.10. The van der Waals surface area contributed by atoms with E-state index < -0.39 is 0 Å². The molecule has 1 fully saturated rings. The fourth-order valence-electron chi connectivity index (χ4n) is 3.53. The molecule has 1 saturated carbocycles. The minimum absolute atomic E-state index is 0.0399. The highest BCUT2D eigenvalue weighted by molar-refractivity contribution is 6.33. The summed E-state index contributed by atoms with van der Waals surface area (Å²) in [5.74, 6) is -0.0838. The Morgan fingerprint density at radius 1 is 1.22 bits per heavy atom. The van der Waals surface area contributed by atoms with E-state index in [0.29, 0.717) is 34.6 Å². The number of carbonyl (C=O) groups is 1. The van der Waals surface area contributed by atoms with Gasteiger partial charge in [-0.1, -0.05) is 29.8 Å². The number of nitrogens with zero attached hydrogens (tertiary/aromatic N) is 1. The molecule has 0 bridgehead atoms. The number of halogens is 1. The van der Waals surface area contributed by atoms with E-state index in [1.807, 2.05) is 18.2 Å². The summed E-state index contributed by atoms with van der Waals surface area (Å²) in [7, 11) is 0. The van der Waals surface area contributed by atoms with Crippen LogP contribution in [0.25, 0.3) is 22.1 Å². The van der Waals surface area contributed by atoms with Gasteiger partial charge in [-0.2, -0.15) is 5.26 Å². The van der Waals surface area contributed by atoms with Crippen LogP contribution in [0.15, 0.2) is 46.9 Å². The number of para-hydroxylation sites is 1. The summed E-state index contributed by atoms with van der Waals surface area (Å²) in [6.07, 6.45) is 1.67. The van der Waals surface area contributed by atoms with E-state index in [2.05, 4.69) is 11.4 Å². The fourth-order valence-corrected chi connectivity index (χ4v) is 3.75. The van der Waals surface area contributed by atoms with E-state index in [0.717, 1.165) is 17.4 Å². The van der Waals surface area contributed by atoms with Crippen molar-refractivity contribution in [2.45, 2.75) is 31.4 Å². The molecule has 1 heterocycles. The third kappa shape index (κ3) is 3.42. The fraction of sp³-hybridized carbons (Fsp3) is 0.238. The summed E-state index contributed by atoms with van der Waals surface area (Å²) in [5, 5.41) is 23.0. The monoisotopic (exact) mass is 380 g/mol. The summed E-state index contributed by atoms with van der Waals surface area (Å²) < 4.78 is 5.86. The van der Waals surface area contributed by atoms with Gasteiger partial charge in [-0.15, -0.1) is 0 Å². The summed E-state index contributed by atoms with van der Waals surface area (Å²) in [4.78, 5) is 12.5. The molecular formula is C21H17ClN2O3. The van der Waals surface area contributed by atoms with Gasteiger partial charge in [0.25, 0.3) is 5.91 Å². The average molecular weight is 381 g/mol. The van der Waals surface area contributed by atoms with E-state index in [9.17, 15) is 9.90 Å². The molecule has 2 N–H and O–H groups in total. The van der Waals surface area contributed by atoms with Crippen molar-refractivity contribution < 1.29 is 14.3 Å². The van der Waals surface area contributed by atoms with Crippen molar-refractivity contribution in [1.29, 1.82) is 5.26 Å². The molecule has 0 aliphatic heterocycles. The molecule has 0 saturated heterocycles. The number of aliphatic hydroxyl groups is 1. The van der Waals surface area contributed by atoms with E-state index in [-0.39, 0.29) is 23.8 Å². The predicted molar refractivity (Wildman–Crippen MR) is 102 cm³/mol. The first-order valence-electron chi connectivity index (χ1n) is 8.76. The first-order chi connectivity index (χ1) is 13.0. The molecule has 0 radical (unpaired) electrons. The maximum absolute atomic E-state index is 12.5. The van der Waals surface area contributed by atoms with E-state index >= 15 is 0 Å². The number of carbonyl (C=O) groups excluding carboxylic acids is 1. The van der Waals surface area contributed by atoms with E-state index in [1.54, 1.807) is 24.3 Å². The number of amides is 1. The van der Waals surface area contributed by atoms with Crippen LogP contribution in [0.3, 0.4) is 0 Å². The minimum Gasteiger partial charge on any atom is -0.450 e. The number of benzene rings is 2. The third-order valence-corrected chi connectivity index (χ3v) is 5.22. The number of aliphatic hydroxyl groups excluding tert-OH is 1. The predicted octanol–water partition coefficient (Wildman–Crippen LogP) is 4.27. The summed E-state index contributed by atoms with van der Waals surface area (Å²) in [5.41, 5.74) is 2.45. The first-order valence-corrected chi connectivity index (χ1v) is 9.14. The molecule has 136 valence electrons. The lowest BCUT2D eigenvalue weighted by molar-refractivity contribution is 0.0908. The molecule has 1 aromatic heterocycles. The molecule has 4 rings (SSSR count). The molecule has 2 aromatic carbocycles. The molecule has 3 aromatic rings. The van der Waals surface area contributed by atoms with Crippen LogP contribution < -0.4 is 5.32 Å². The van der Waals surface area contributed by atoms with Crippen LogP contribution in [0.5, 0.6) is 0 Å². The van der Waals surface area contributed by atoms with Crippen molar-refractivity contribution in [3.63, 3.8) is 0 Å². The standard InChI is InChI=1S/C21H17ClN2O3/c22-18-7-4-12(11-23)8-17(18)16-3-1-2-13-9-19(27-20(13)16)21(26)24-14-5-6-15(25)10-14/h1-4,7-9,14-15,25H,5-6,10H2,(H,24,26)/t14-,15+/m1/s1. The van der Waals surface area contributed by atoms with Crippen LogP contribution in [0, 0.1) is 11.3 Å². The Kier molecular flexibility index (Phi) is 4.61. The Labute approximate surface area is 161 Å². The molecule has 0 spiro atoms. The number of nitrogens with one attached hydrogen (secondary N) is 1. The van der Waals surface area contributed by atoms with Gasteiger partial charge in [0.05, 0.1) is 17.7 Å². The first kappa shape index (κ1) is 17.6. The second kappa shape index (κ2) is 7.07. The van der Waals surface area contributed by atoms with Gasteiger partial charge in [0.2, 0.25) is 0 Å². The molecule has 5 nitrogen and oxygen atoms in total. The Hall–Kier alpha value is -2.81. The van der Waals surface area contributed by atoms with Gasteiger partial charge < -0.3 is 14.8 Å². The summed E-state index contributed by atoms with van der Waals surface area (Å²) in [6.45, 7) is 0.